The highest BCUT2D eigenvalue weighted by Crippen LogP contribution is 2.38. The van der Waals surface area contributed by atoms with Crippen LogP contribution >= 0.6 is 0 Å². The minimum absolute atomic E-state index is 0.243. The van der Waals surface area contributed by atoms with Crippen molar-refractivity contribution in [2.45, 2.75) is 20.0 Å². The van der Waals surface area contributed by atoms with Gasteiger partial charge in [-0.05, 0) is 42.3 Å². The number of guanidine groups is 1. The monoisotopic (exact) mass is 389 g/mol. The van der Waals surface area contributed by atoms with Gasteiger partial charge in [-0.2, -0.15) is 0 Å². The SMILES string of the molecule is CCOc1c(OC)cc(CNC(=NC)N(C)Cc2ccc(F)cc2)cc1OC. The molecule has 2 aromatic rings. The predicted octanol–water partition coefficient (Wildman–Crippen LogP) is 3.45. The summed E-state index contributed by atoms with van der Waals surface area (Å²) in [6, 6.07) is 10.3. The van der Waals surface area contributed by atoms with E-state index in [1.807, 2.05) is 31.0 Å². The van der Waals surface area contributed by atoms with Crippen LogP contribution in [0, 0.1) is 5.82 Å². The molecule has 0 aromatic heterocycles. The van der Waals surface area contributed by atoms with Crippen LogP contribution in [-0.4, -0.2) is 45.8 Å². The van der Waals surface area contributed by atoms with Crippen LogP contribution in [0.25, 0.3) is 0 Å². The Hall–Kier alpha value is -2.96. The molecule has 0 atom stereocenters. The van der Waals surface area contributed by atoms with Crippen LogP contribution < -0.4 is 19.5 Å². The molecule has 152 valence electrons. The van der Waals surface area contributed by atoms with Crippen LogP contribution in [-0.2, 0) is 13.1 Å². The van der Waals surface area contributed by atoms with E-state index >= 15 is 0 Å². The number of hydrogen-bond donors (Lipinski definition) is 1. The molecule has 0 heterocycles. The summed E-state index contributed by atoms with van der Waals surface area (Å²) < 4.78 is 29.6. The fraction of sp³-hybridized carbons (Fsp3) is 0.381. The average Bonchev–Trinajstić information content (AvgIpc) is 2.70. The molecular formula is C21H28FN3O3. The van der Waals surface area contributed by atoms with Crippen molar-refractivity contribution in [2.75, 3.05) is 34.9 Å². The fourth-order valence-electron chi connectivity index (χ4n) is 2.83. The number of halogens is 1. The van der Waals surface area contributed by atoms with E-state index in [1.165, 1.54) is 12.1 Å². The van der Waals surface area contributed by atoms with Crippen LogP contribution in [0.1, 0.15) is 18.1 Å². The highest BCUT2D eigenvalue weighted by Gasteiger charge is 2.14. The van der Waals surface area contributed by atoms with Gasteiger partial charge in [-0.3, -0.25) is 4.99 Å². The second kappa shape index (κ2) is 10.4. The maximum absolute atomic E-state index is 13.1. The third-order valence-corrected chi connectivity index (χ3v) is 4.17. The van der Waals surface area contributed by atoms with Gasteiger partial charge >= 0.3 is 0 Å². The molecule has 0 bridgehead atoms. The Labute approximate surface area is 165 Å². The summed E-state index contributed by atoms with van der Waals surface area (Å²) in [6.45, 7) is 3.57. The lowest BCUT2D eigenvalue weighted by Crippen LogP contribution is -2.38. The normalized spacial score (nSPS) is 11.1. The third-order valence-electron chi connectivity index (χ3n) is 4.17. The van der Waals surface area contributed by atoms with Gasteiger partial charge in [-0.25, -0.2) is 4.39 Å². The molecule has 0 unspecified atom stereocenters. The second-order valence-electron chi connectivity index (χ2n) is 6.15. The van der Waals surface area contributed by atoms with Crippen LogP contribution in [0.5, 0.6) is 17.2 Å². The van der Waals surface area contributed by atoms with Crippen LogP contribution in [0.3, 0.4) is 0 Å². The van der Waals surface area contributed by atoms with E-state index in [4.69, 9.17) is 14.2 Å². The number of methoxy groups -OCH3 is 2. The lowest BCUT2D eigenvalue weighted by atomic mass is 10.1. The van der Waals surface area contributed by atoms with Gasteiger partial charge in [0.25, 0.3) is 0 Å². The number of hydrogen-bond acceptors (Lipinski definition) is 4. The van der Waals surface area contributed by atoms with Crippen molar-refractivity contribution in [1.82, 2.24) is 10.2 Å². The molecule has 28 heavy (non-hydrogen) atoms. The van der Waals surface area contributed by atoms with Gasteiger partial charge in [0.05, 0.1) is 20.8 Å². The number of ether oxygens (including phenoxy) is 3. The summed E-state index contributed by atoms with van der Waals surface area (Å²) in [4.78, 5) is 6.29. The summed E-state index contributed by atoms with van der Waals surface area (Å²) in [6.07, 6.45) is 0. The first-order valence-electron chi connectivity index (χ1n) is 9.06. The summed E-state index contributed by atoms with van der Waals surface area (Å²) >= 11 is 0. The Morgan fingerprint density at radius 1 is 1.07 bits per heavy atom. The van der Waals surface area contributed by atoms with Crippen LogP contribution in [0.4, 0.5) is 4.39 Å². The minimum atomic E-state index is -0.243. The first kappa shape index (κ1) is 21.3. The zero-order valence-corrected chi connectivity index (χ0v) is 17.1. The molecule has 0 aliphatic heterocycles. The lowest BCUT2D eigenvalue weighted by molar-refractivity contribution is 0.288. The van der Waals surface area contributed by atoms with Gasteiger partial charge in [-0.1, -0.05) is 12.1 Å². The quantitative estimate of drug-likeness (QED) is 0.554. The van der Waals surface area contributed by atoms with Crippen molar-refractivity contribution in [1.29, 1.82) is 0 Å². The molecule has 0 saturated heterocycles. The molecule has 2 rings (SSSR count). The van der Waals surface area contributed by atoms with Gasteiger partial charge < -0.3 is 24.4 Å². The molecule has 0 aliphatic rings. The predicted molar refractivity (Wildman–Crippen MR) is 109 cm³/mol. The van der Waals surface area contributed by atoms with Gasteiger partial charge in [-0.15, -0.1) is 0 Å². The summed E-state index contributed by atoms with van der Waals surface area (Å²) in [7, 11) is 6.86. The average molecular weight is 389 g/mol. The van der Waals surface area contributed by atoms with Crippen molar-refractivity contribution in [3.05, 3.63) is 53.3 Å². The Morgan fingerprint density at radius 3 is 2.18 bits per heavy atom. The molecule has 0 saturated carbocycles. The molecule has 1 N–H and O–H groups in total. The molecule has 2 aromatic carbocycles. The smallest absolute Gasteiger partial charge is 0.203 e. The molecule has 0 fully saturated rings. The van der Waals surface area contributed by atoms with E-state index in [0.29, 0.717) is 36.9 Å². The third kappa shape index (κ3) is 5.52. The molecular weight excluding hydrogens is 361 g/mol. The number of rotatable bonds is 8. The largest absolute Gasteiger partial charge is 0.493 e. The Kier molecular flexibility index (Phi) is 7.92. The van der Waals surface area contributed by atoms with Gasteiger partial charge in [0.1, 0.15) is 5.82 Å². The topological polar surface area (TPSA) is 55.3 Å². The van der Waals surface area contributed by atoms with Crippen molar-refractivity contribution in [3.8, 4) is 17.2 Å². The molecule has 0 amide bonds. The first-order chi connectivity index (χ1) is 13.5. The molecule has 0 radical (unpaired) electrons. The number of benzene rings is 2. The van der Waals surface area contributed by atoms with E-state index in [1.54, 1.807) is 33.4 Å². The minimum Gasteiger partial charge on any atom is -0.493 e. The zero-order valence-electron chi connectivity index (χ0n) is 17.1. The van der Waals surface area contributed by atoms with E-state index < -0.39 is 0 Å². The number of nitrogens with zero attached hydrogens (tertiary/aromatic N) is 2. The fourth-order valence-corrected chi connectivity index (χ4v) is 2.83. The Bertz CT molecular complexity index is 769. The van der Waals surface area contributed by atoms with Gasteiger partial charge in [0.15, 0.2) is 17.5 Å². The standard InChI is InChI=1S/C21H28FN3O3/c1-6-28-20-18(26-4)11-16(12-19(20)27-5)13-24-21(23-2)25(3)14-15-7-9-17(22)10-8-15/h7-12H,6,13-14H2,1-5H3,(H,23,24). The molecule has 6 nitrogen and oxygen atoms in total. The summed E-state index contributed by atoms with van der Waals surface area (Å²) in [5.41, 5.74) is 1.96. The summed E-state index contributed by atoms with van der Waals surface area (Å²) in [5, 5.41) is 3.32. The Balaban J connectivity index is 2.08. The summed E-state index contributed by atoms with van der Waals surface area (Å²) in [5.74, 6) is 2.30. The zero-order chi connectivity index (χ0) is 20.5. The van der Waals surface area contributed by atoms with Crippen molar-refractivity contribution in [2.24, 2.45) is 4.99 Å². The van der Waals surface area contributed by atoms with Crippen molar-refractivity contribution < 1.29 is 18.6 Å². The highest BCUT2D eigenvalue weighted by molar-refractivity contribution is 5.79. The lowest BCUT2D eigenvalue weighted by Gasteiger charge is -2.23. The Morgan fingerprint density at radius 2 is 1.68 bits per heavy atom. The molecule has 7 heteroatoms. The maximum atomic E-state index is 13.1. The van der Waals surface area contributed by atoms with Crippen molar-refractivity contribution in [3.63, 3.8) is 0 Å². The highest BCUT2D eigenvalue weighted by atomic mass is 19.1. The van der Waals surface area contributed by atoms with Crippen LogP contribution in [0.2, 0.25) is 0 Å². The van der Waals surface area contributed by atoms with Gasteiger partial charge in [0, 0.05) is 27.2 Å². The maximum Gasteiger partial charge on any atom is 0.203 e. The second-order valence-corrected chi connectivity index (χ2v) is 6.15. The van der Waals surface area contributed by atoms with E-state index in [-0.39, 0.29) is 5.82 Å². The van der Waals surface area contributed by atoms with E-state index in [2.05, 4.69) is 10.3 Å². The molecule has 0 spiro atoms. The van der Waals surface area contributed by atoms with E-state index in [9.17, 15) is 4.39 Å². The van der Waals surface area contributed by atoms with E-state index in [0.717, 1.165) is 17.1 Å². The van der Waals surface area contributed by atoms with Crippen LogP contribution in [0.15, 0.2) is 41.4 Å². The van der Waals surface area contributed by atoms with Crippen molar-refractivity contribution >= 4 is 5.96 Å². The number of nitrogens with one attached hydrogen (secondary N) is 1. The first-order valence-corrected chi connectivity index (χ1v) is 9.06. The number of aliphatic imine (C=N–C) groups is 1. The molecule has 0 aliphatic carbocycles. The van der Waals surface area contributed by atoms with Gasteiger partial charge in [0.2, 0.25) is 5.75 Å².